The van der Waals surface area contributed by atoms with Gasteiger partial charge in [-0.25, -0.2) is 4.98 Å². The van der Waals surface area contributed by atoms with Crippen LogP contribution in [-0.2, 0) is 0 Å². The van der Waals surface area contributed by atoms with Crippen LogP contribution in [0.5, 0.6) is 11.6 Å². The second-order valence-electron chi connectivity index (χ2n) is 3.11. The molecule has 1 aromatic carbocycles. The summed E-state index contributed by atoms with van der Waals surface area (Å²) in [6.07, 6.45) is 1.24. The maximum atomic E-state index is 13.5. The van der Waals surface area contributed by atoms with Crippen molar-refractivity contribution in [3.8, 4) is 11.6 Å². The topological polar surface area (TPSA) is 35.0 Å². The predicted octanol–water partition coefficient (Wildman–Crippen LogP) is 4.40. The van der Waals surface area contributed by atoms with Crippen LogP contribution in [0, 0.1) is 12.7 Å². The van der Waals surface area contributed by atoms with Gasteiger partial charge in [-0.15, -0.1) is 0 Å². The van der Waals surface area contributed by atoms with Crippen molar-refractivity contribution in [3.05, 3.63) is 47.1 Å². The minimum atomic E-state index is -0.581. The highest BCUT2D eigenvalue weighted by molar-refractivity contribution is 6.32. The van der Waals surface area contributed by atoms with Gasteiger partial charge < -0.3 is 4.74 Å². The van der Waals surface area contributed by atoms with Crippen LogP contribution in [0.1, 0.15) is 19.5 Å². The molecular weight excluding hydrogens is 255 g/mol. The van der Waals surface area contributed by atoms with E-state index in [1.807, 2.05) is 13.8 Å². The average molecular weight is 269 g/mol. The Morgan fingerprint density at radius 1 is 1.17 bits per heavy atom. The summed E-state index contributed by atoms with van der Waals surface area (Å²) in [5.74, 6) is -0.343. The van der Waals surface area contributed by atoms with Crippen molar-refractivity contribution >= 4 is 11.6 Å². The first-order chi connectivity index (χ1) is 8.68. The van der Waals surface area contributed by atoms with Gasteiger partial charge in [0.15, 0.2) is 0 Å². The van der Waals surface area contributed by atoms with Crippen molar-refractivity contribution in [1.29, 1.82) is 0 Å². The molecule has 0 saturated heterocycles. The van der Waals surface area contributed by atoms with Crippen molar-refractivity contribution in [1.82, 2.24) is 9.97 Å². The smallest absolute Gasteiger partial charge is 0.259 e. The molecule has 2 aromatic rings. The van der Waals surface area contributed by atoms with E-state index in [2.05, 4.69) is 9.97 Å². The minimum Gasteiger partial charge on any atom is -0.435 e. The zero-order valence-corrected chi connectivity index (χ0v) is 11.2. The molecule has 0 aliphatic rings. The zero-order chi connectivity index (χ0) is 13.5. The monoisotopic (exact) mass is 268 g/mol. The molecule has 0 aliphatic heterocycles. The summed E-state index contributed by atoms with van der Waals surface area (Å²) < 4.78 is 18.8. The van der Waals surface area contributed by atoms with Gasteiger partial charge in [-0.2, -0.15) is 9.37 Å². The summed E-state index contributed by atoms with van der Waals surface area (Å²) in [5.41, 5.74) is 0.233. The Hall–Kier alpha value is -1.68. The molecule has 2 rings (SSSR count). The van der Waals surface area contributed by atoms with Gasteiger partial charge >= 0.3 is 0 Å². The van der Waals surface area contributed by atoms with Crippen LogP contribution in [0.15, 0.2) is 30.6 Å². The second kappa shape index (κ2) is 6.91. The van der Waals surface area contributed by atoms with Gasteiger partial charge in [-0.3, -0.25) is 0 Å². The molecule has 0 unspecified atom stereocenters. The second-order valence-corrected chi connectivity index (χ2v) is 3.52. The van der Waals surface area contributed by atoms with E-state index in [0.717, 1.165) is 0 Å². The van der Waals surface area contributed by atoms with E-state index in [4.69, 9.17) is 16.3 Å². The van der Waals surface area contributed by atoms with Crippen LogP contribution >= 0.6 is 11.6 Å². The van der Waals surface area contributed by atoms with E-state index in [0.29, 0.717) is 10.8 Å². The van der Waals surface area contributed by atoms with Gasteiger partial charge in [0.05, 0.1) is 10.7 Å². The van der Waals surface area contributed by atoms with Gasteiger partial charge in [0, 0.05) is 0 Å². The molecule has 0 amide bonds. The summed E-state index contributed by atoms with van der Waals surface area (Å²) in [7, 11) is 0. The number of benzene rings is 1. The Labute approximate surface area is 111 Å². The molecule has 0 aliphatic carbocycles. The molecule has 0 saturated carbocycles. The predicted molar refractivity (Wildman–Crippen MR) is 69.6 cm³/mol. The van der Waals surface area contributed by atoms with Crippen LogP contribution in [0.2, 0.25) is 5.02 Å². The van der Waals surface area contributed by atoms with E-state index in [9.17, 15) is 4.39 Å². The van der Waals surface area contributed by atoms with Crippen LogP contribution in [0.4, 0.5) is 4.39 Å². The number of hydrogen-bond acceptors (Lipinski definition) is 3. The fourth-order valence-corrected chi connectivity index (χ4v) is 1.31. The molecule has 5 heteroatoms. The summed E-state index contributed by atoms with van der Waals surface area (Å²) in [6.45, 7) is 5.54. The number of aromatic nitrogens is 2. The Bertz CT molecular complexity index is 520. The van der Waals surface area contributed by atoms with Gasteiger partial charge in [0.25, 0.3) is 5.88 Å². The maximum absolute atomic E-state index is 13.5. The number of nitrogens with zero attached hydrogens (tertiary/aromatic N) is 2. The Morgan fingerprint density at radius 2 is 1.83 bits per heavy atom. The van der Waals surface area contributed by atoms with Gasteiger partial charge in [-0.1, -0.05) is 37.6 Å². The zero-order valence-electron chi connectivity index (χ0n) is 10.4. The lowest BCUT2D eigenvalue weighted by Gasteiger charge is -2.07. The molecule has 0 spiro atoms. The van der Waals surface area contributed by atoms with Gasteiger partial charge in [-0.05, 0) is 19.1 Å². The molecule has 0 radical (unpaired) electrons. The summed E-state index contributed by atoms with van der Waals surface area (Å²) in [4.78, 5) is 7.41. The average Bonchev–Trinajstić information content (AvgIpc) is 2.40. The maximum Gasteiger partial charge on any atom is 0.259 e. The molecule has 18 heavy (non-hydrogen) atoms. The lowest BCUT2D eigenvalue weighted by molar-refractivity contribution is 0.417. The molecule has 0 N–H and O–H groups in total. The van der Waals surface area contributed by atoms with Crippen molar-refractivity contribution in [2.45, 2.75) is 20.8 Å². The summed E-state index contributed by atoms with van der Waals surface area (Å²) in [6, 6.07) is 6.80. The first-order valence-corrected chi connectivity index (χ1v) is 5.96. The van der Waals surface area contributed by atoms with Crippen LogP contribution in [0.3, 0.4) is 0 Å². The lowest BCUT2D eigenvalue weighted by atomic mass is 10.3. The molecule has 0 atom stereocenters. The fraction of sp³-hybridized carbons (Fsp3) is 0.231. The number of para-hydroxylation sites is 1. The van der Waals surface area contributed by atoms with Crippen LogP contribution in [-0.4, -0.2) is 9.97 Å². The van der Waals surface area contributed by atoms with E-state index in [1.165, 1.54) is 13.3 Å². The van der Waals surface area contributed by atoms with Crippen LogP contribution < -0.4 is 4.74 Å². The minimum absolute atomic E-state index is 0.124. The van der Waals surface area contributed by atoms with Crippen molar-refractivity contribution < 1.29 is 9.13 Å². The van der Waals surface area contributed by atoms with Crippen molar-refractivity contribution in [3.63, 3.8) is 0 Å². The molecule has 0 fully saturated rings. The molecule has 1 aromatic heterocycles. The van der Waals surface area contributed by atoms with E-state index < -0.39 is 5.82 Å². The summed E-state index contributed by atoms with van der Waals surface area (Å²) in [5, 5.41) is 0.401. The normalized spacial score (nSPS) is 9.39. The molecule has 0 bridgehead atoms. The SMILES string of the molecule is CC.Cc1ncnc(Oc2ccccc2Cl)c1F. The Balaban J connectivity index is 0.000000771. The number of hydrogen-bond donors (Lipinski definition) is 0. The highest BCUT2D eigenvalue weighted by Gasteiger charge is 2.11. The Morgan fingerprint density at radius 3 is 2.50 bits per heavy atom. The third-order valence-corrected chi connectivity index (χ3v) is 2.29. The first kappa shape index (κ1) is 14.4. The van der Waals surface area contributed by atoms with Gasteiger partial charge in [0.2, 0.25) is 5.82 Å². The third-order valence-electron chi connectivity index (χ3n) is 1.98. The molecular formula is C13H14ClFN2O. The Kier molecular flexibility index (Phi) is 5.52. The van der Waals surface area contributed by atoms with Crippen molar-refractivity contribution in [2.75, 3.05) is 0 Å². The molecule has 1 heterocycles. The number of ether oxygens (including phenoxy) is 1. The number of halogens is 2. The van der Waals surface area contributed by atoms with E-state index in [-0.39, 0.29) is 11.6 Å². The molecule has 3 nitrogen and oxygen atoms in total. The largest absolute Gasteiger partial charge is 0.435 e. The van der Waals surface area contributed by atoms with Crippen molar-refractivity contribution in [2.24, 2.45) is 0 Å². The lowest BCUT2D eigenvalue weighted by Crippen LogP contribution is -1.96. The third kappa shape index (κ3) is 3.40. The van der Waals surface area contributed by atoms with Gasteiger partial charge in [0.1, 0.15) is 12.1 Å². The highest BCUT2D eigenvalue weighted by atomic mass is 35.5. The number of rotatable bonds is 2. The fourth-order valence-electron chi connectivity index (χ4n) is 1.14. The quantitative estimate of drug-likeness (QED) is 0.810. The van der Waals surface area contributed by atoms with E-state index in [1.54, 1.807) is 24.3 Å². The standard InChI is InChI=1S/C11H8ClFN2O.C2H6/c1-7-10(13)11(15-6-14-7)16-9-5-3-2-4-8(9)12;1-2/h2-6H,1H3;1-2H3. The first-order valence-electron chi connectivity index (χ1n) is 5.58. The highest BCUT2D eigenvalue weighted by Crippen LogP contribution is 2.29. The molecule has 96 valence electrons. The van der Waals surface area contributed by atoms with E-state index >= 15 is 0 Å². The number of aryl methyl sites for hydroxylation is 1. The summed E-state index contributed by atoms with van der Waals surface area (Å²) >= 11 is 5.88. The van der Waals surface area contributed by atoms with Crippen LogP contribution in [0.25, 0.3) is 0 Å².